The Morgan fingerprint density at radius 1 is 0.947 bits per heavy atom. The molecule has 1 N–H and O–H groups in total. The molecule has 0 spiro atoms. The summed E-state index contributed by atoms with van der Waals surface area (Å²) in [5, 5.41) is 7.61. The van der Waals surface area contributed by atoms with Crippen LogP contribution in [0.4, 0.5) is 11.6 Å². The molecule has 5 heteroatoms. The molecule has 4 nitrogen and oxygen atoms in total. The van der Waals surface area contributed by atoms with Crippen LogP contribution in [0.3, 0.4) is 0 Å². The molecule has 19 heavy (non-hydrogen) atoms. The Morgan fingerprint density at radius 3 is 2.42 bits per heavy atom. The van der Waals surface area contributed by atoms with Crippen LogP contribution in [-0.2, 0) is 0 Å². The second-order valence-electron chi connectivity index (χ2n) is 3.92. The summed E-state index contributed by atoms with van der Waals surface area (Å²) < 4.78 is 5.20. The number of benzene rings is 2. The first-order valence-corrected chi connectivity index (χ1v) is 6.11. The van der Waals surface area contributed by atoms with Gasteiger partial charge in [0.2, 0.25) is 0 Å². The molecular formula is C14H10ClN3O. The van der Waals surface area contributed by atoms with E-state index in [2.05, 4.69) is 15.5 Å². The molecule has 0 bridgehead atoms. The van der Waals surface area contributed by atoms with Gasteiger partial charge in [-0.3, -0.25) is 0 Å². The highest BCUT2D eigenvalue weighted by Gasteiger charge is 2.08. The smallest absolute Gasteiger partial charge is 0.268 e. The molecule has 0 atom stereocenters. The first-order chi connectivity index (χ1) is 9.31. The summed E-state index contributed by atoms with van der Waals surface area (Å²) in [7, 11) is 0. The third kappa shape index (κ3) is 2.74. The Kier molecular flexibility index (Phi) is 3.16. The number of rotatable bonds is 3. The average molecular weight is 272 g/mol. The first kappa shape index (κ1) is 11.7. The van der Waals surface area contributed by atoms with Gasteiger partial charge in [-0.05, 0) is 41.6 Å². The molecule has 0 aliphatic heterocycles. The number of nitrogens with one attached hydrogen (secondary N) is 1. The zero-order chi connectivity index (χ0) is 13.1. The number of hydrogen-bond acceptors (Lipinski definition) is 4. The fourth-order valence-electron chi connectivity index (χ4n) is 1.63. The van der Waals surface area contributed by atoms with Gasteiger partial charge >= 0.3 is 0 Å². The quantitative estimate of drug-likeness (QED) is 0.778. The summed E-state index contributed by atoms with van der Waals surface area (Å²) in [5.74, 6) is 0.901. The van der Waals surface area contributed by atoms with Gasteiger partial charge < -0.3 is 9.84 Å². The summed E-state index contributed by atoms with van der Waals surface area (Å²) in [6.45, 7) is 0. The fourth-order valence-corrected chi connectivity index (χ4v) is 1.76. The molecule has 0 amide bonds. The van der Waals surface area contributed by atoms with Gasteiger partial charge in [0.15, 0.2) is 0 Å². The lowest BCUT2D eigenvalue weighted by molar-refractivity contribution is 0.433. The molecule has 1 aromatic heterocycles. The molecule has 0 fully saturated rings. The predicted octanol–water partition coefficient (Wildman–Crippen LogP) is 4.13. The highest BCUT2D eigenvalue weighted by Crippen LogP contribution is 2.21. The van der Waals surface area contributed by atoms with E-state index in [0.717, 1.165) is 11.3 Å². The van der Waals surface area contributed by atoms with Crippen molar-refractivity contribution in [1.29, 1.82) is 0 Å². The van der Waals surface area contributed by atoms with Gasteiger partial charge in [0, 0.05) is 16.3 Å². The second-order valence-corrected chi connectivity index (χ2v) is 4.36. The molecule has 0 saturated heterocycles. The summed E-state index contributed by atoms with van der Waals surface area (Å²) >= 11 is 5.82. The third-order valence-electron chi connectivity index (χ3n) is 2.55. The normalized spacial score (nSPS) is 10.4. The van der Waals surface area contributed by atoms with Gasteiger partial charge in [0.05, 0.1) is 0 Å². The Morgan fingerprint density at radius 2 is 1.68 bits per heavy atom. The van der Waals surface area contributed by atoms with Gasteiger partial charge in [0.1, 0.15) is 0 Å². The molecule has 94 valence electrons. The van der Waals surface area contributed by atoms with Crippen molar-refractivity contribution in [3.63, 3.8) is 0 Å². The SMILES string of the molecule is Clc1ccc(Nc2noc(-c3ccccc3)n2)cc1. The van der Waals surface area contributed by atoms with Gasteiger partial charge in [-0.25, -0.2) is 0 Å². The summed E-state index contributed by atoms with van der Waals surface area (Å²) in [5.41, 5.74) is 1.74. The van der Waals surface area contributed by atoms with E-state index in [-0.39, 0.29) is 0 Å². The van der Waals surface area contributed by atoms with Crippen molar-refractivity contribution in [3.05, 3.63) is 59.6 Å². The molecule has 2 aromatic carbocycles. The van der Waals surface area contributed by atoms with Gasteiger partial charge in [-0.15, -0.1) is 0 Å². The van der Waals surface area contributed by atoms with E-state index >= 15 is 0 Å². The number of nitrogens with zero attached hydrogens (tertiary/aromatic N) is 2. The minimum Gasteiger partial charge on any atom is -0.332 e. The van der Waals surface area contributed by atoms with Crippen LogP contribution in [0.25, 0.3) is 11.5 Å². The number of halogens is 1. The van der Waals surface area contributed by atoms with Crippen LogP contribution >= 0.6 is 11.6 Å². The van der Waals surface area contributed by atoms with Crippen LogP contribution in [0.5, 0.6) is 0 Å². The zero-order valence-corrected chi connectivity index (χ0v) is 10.6. The highest BCUT2D eigenvalue weighted by molar-refractivity contribution is 6.30. The third-order valence-corrected chi connectivity index (χ3v) is 2.80. The van der Waals surface area contributed by atoms with Crippen molar-refractivity contribution in [2.45, 2.75) is 0 Å². The van der Waals surface area contributed by atoms with Crippen molar-refractivity contribution in [1.82, 2.24) is 10.1 Å². The predicted molar refractivity (Wildman–Crippen MR) is 74.5 cm³/mol. The van der Waals surface area contributed by atoms with Gasteiger partial charge in [-0.1, -0.05) is 29.8 Å². The van der Waals surface area contributed by atoms with E-state index in [4.69, 9.17) is 16.1 Å². The number of aromatic nitrogens is 2. The van der Waals surface area contributed by atoms with Crippen LogP contribution in [0.1, 0.15) is 0 Å². The van der Waals surface area contributed by atoms with E-state index in [1.807, 2.05) is 42.5 Å². The highest BCUT2D eigenvalue weighted by atomic mass is 35.5. The molecule has 0 aliphatic rings. The van der Waals surface area contributed by atoms with Crippen LogP contribution in [0.2, 0.25) is 5.02 Å². The van der Waals surface area contributed by atoms with E-state index in [0.29, 0.717) is 16.9 Å². The molecule has 3 aromatic rings. The largest absolute Gasteiger partial charge is 0.332 e. The van der Waals surface area contributed by atoms with Crippen molar-refractivity contribution in [2.24, 2.45) is 0 Å². The number of anilines is 2. The van der Waals surface area contributed by atoms with Gasteiger partial charge in [-0.2, -0.15) is 4.98 Å². The van der Waals surface area contributed by atoms with Crippen molar-refractivity contribution < 1.29 is 4.52 Å². The Hall–Kier alpha value is -2.33. The fraction of sp³-hybridized carbons (Fsp3) is 0. The molecule has 0 aliphatic carbocycles. The van der Waals surface area contributed by atoms with Crippen LogP contribution in [-0.4, -0.2) is 10.1 Å². The zero-order valence-electron chi connectivity index (χ0n) is 9.88. The molecule has 3 rings (SSSR count). The Balaban J connectivity index is 1.80. The van der Waals surface area contributed by atoms with Crippen LogP contribution in [0, 0.1) is 0 Å². The maximum Gasteiger partial charge on any atom is 0.268 e. The molecular weight excluding hydrogens is 262 g/mol. The molecule has 0 saturated carbocycles. The van der Waals surface area contributed by atoms with E-state index in [1.165, 1.54) is 0 Å². The lowest BCUT2D eigenvalue weighted by Crippen LogP contribution is -1.91. The monoisotopic (exact) mass is 271 g/mol. The van der Waals surface area contributed by atoms with Crippen molar-refractivity contribution in [3.8, 4) is 11.5 Å². The number of hydrogen-bond donors (Lipinski definition) is 1. The summed E-state index contributed by atoms with van der Waals surface area (Å²) in [6.07, 6.45) is 0. The minimum atomic E-state index is 0.418. The van der Waals surface area contributed by atoms with E-state index in [9.17, 15) is 0 Å². The maximum atomic E-state index is 5.82. The minimum absolute atomic E-state index is 0.418. The standard InChI is InChI=1S/C14H10ClN3O/c15-11-6-8-12(9-7-11)16-14-17-13(19-18-14)10-4-2-1-3-5-10/h1-9H,(H,16,18). The average Bonchev–Trinajstić information content (AvgIpc) is 2.91. The molecule has 0 unspecified atom stereocenters. The molecule has 0 radical (unpaired) electrons. The Labute approximate surface area is 115 Å². The maximum absolute atomic E-state index is 5.82. The van der Waals surface area contributed by atoms with E-state index in [1.54, 1.807) is 12.1 Å². The first-order valence-electron chi connectivity index (χ1n) is 5.73. The van der Waals surface area contributed by atoms with Crippen LogP contribution < -0.4 is 5.32 Å². The van der Waals surface area contributed by atoms with E-state index < -0.39 is 0 Å². The summed E-state index contributed by atoms with van der Waals surface area (Å²) in [4.78, 5) is 4.28. The Bertz CT molecular complexity index is 665. The van der Waals surface area contributed by atoms with Gasteiger partial charge in [0.25, 0.3) is 11.8 Å². The topological polar surface area (TPSA) is 51.0 Å². The summed E-state index contributed by atoms with van der Waals surface area (Å²) in [6, 6.07) is 16.9. The second kappa shape index (κ2) is 5.12. The molecule has 1 heterocycles. The lowest BCUT2D eigenvalue weighted by atomic mass is 10.2. The lowest BCUT2D eigenvalue weighted by Gasteiger charge is -1.99. The van der Waals surface area contributed by atoms with Crippen molar-refractivity contribution in [2.75, 3.05) is 5.32 Å². The van der Waals surface area contributed by atoms with Crippen molar-refractivity contribution >= 4 is 23.2 Å². The van der Waals surface area contributed by atoms with Crippen LogP contribution in [0.15, 0.2) is 59.1 Å².